The fraction of sp³-hybridized carbons (Fsp3) is 0. The van der Waals surface area contributed by atoms with Gasteiger partial charge < -0.3 is 20.3 Å². The van der Waals surface area contributed by atoms with E-state index in [-0.39, 0.29) is 30.6 Å². The summed E-state index contributed by atoms with van der Waals surface area (Å²) in [5.74, 6) is -9.93. The van der Waals surface area contributed by atoms with Gasteiger partial charge in [-0.05, 0) is 66.2 Å². The molecule has 63 heavy (non-hydrogen) atoms. The number of benzene rings is 3. The zero-order chi connectivity index (χ0) is 44.3. The van der Waals surface area contributed by atoms with Crippen molar-refractivity contribution >= 4 is 62.5 Å². The Hall–Kier alpha value is -7.32. The Morgan fingerprint density at radius 2 is 1.13 bits per heavy atom. The van der Waals surface area contributed by atoms with Crippen molar-refractivity contribution in [3.05, 3.63) is 186 Å². The van der Waals surface area contributed by atoms with Gasteiger partial charge in [-0.25, -0.2) is 26.7 Å². The first-order valence-electron chi connectivity index (χ1n) is 17.7. The van der Waals surface area contributed by atoms with Gasteiger partial charge in [0.1, 0.15) is 5.76 Å². The molecule has 6 aromatic heterocycles. The molecule has 18 heteroatoms. The number of pyridine rings is 4. The summed E-state index contributed by atoms with van der Waals surface area (Å²) in [5.41, 5.74) is 3.42. The van der Waals surface area contributed by atoms with E-state index in [1.165, 1.54) is 40.8 Å². The molecule has 0 saturated carbocycles. The van der Waals surface area contributed by atoms with Crippen molar-refractivity contribution in [2.45, 2.75) is 0 Å². The van der Waals surface area contributed by atoms with E-state index in [1.54, 1.807) is 65.6 Å². The molecule has 0 spiro atoms. The number of carboxylic acid groups (broad SMARTS) is 1. The number of fused-ring (bicyclic) bond motifs is 3. The Labute approximate surface area is 377 Å². The minimum absolute atomic E-state index is 0. The fourth-order valence-electron chi connectivity index (χ4n) is 6.25. The van der Waals surface area contributed by atoms with Crippen molar-refractivity contribution in [1.29, 1.82) is 0 Å². The van der Waals surface area contributed by atoms with Gasteiger partial charge in [0.05, 0.1) is 51.1 Å². The molecule has 0 aliphatic heterocycles. The van der Waals surface area contributed by atoms with E-state index >= 15 is 0 Å². The second kappa shape index (κ2) is 21.5. The Bertz CT molecular complexity index is 3090. The summed E-state index contributed by atoms with van der Waals surface area (Å²) < 4.78 is 79.4. The van der Waals surface area contributed by atoms with E-state index in [1.807, 2.05) is 48.5 Å². The smallest absolute Gasteiger partial charge is 0.753 e. The van der Waals surface area contributed by atoms with Crippen molar-refractivity contribution in [3.8, 4) is 51.1 Å². The van der Waals surface area contributed by atoms with Crippen LogP contribution in [0.25, 0.3) is 83.7 Å². The summed E-state index contributed by atoms with van der Waals surface area (Å²) in [6, 6.07) is 32.9. The van der Waals surface area contributed by atoms with E-state index in [9.17, 15) is 26.7 Å². The standard InChI is InChI=1S/C32H16F5N3O.C11H8N2O2.2CNS.Ru/c33-28-27(29(34)31(36)32(37)30(28)35)18-9-10-23-19(14-18)20-15-22(21-8-4-5-13-38-21)39-16-24(20)40(23)26-12-11-25(41-26)17-6-2-1-3-7-17;14-11(15)8-4-6-13-10(7-8)9-3-1-2-5-12-9;2*2-1-3;/h1-16H;1-7H,(H,14,15);;;/q;;2*-1;+2. The predicted molar refractivity (Wildman–Crippen MR) is 231 cm³/mol. The van der Waals surface area contributed by atoms with Gasteiger partial charge in [-0.15, -0.1) is 0 Å². The van der Waals surface area contributed by atoms with Gasteiger partial charge in [-0.2, -0.15) is 10.3 Å². The first-order valence-corrected chi connectivity index (χ1v) is 18.5. The number of aromatic carboxylic acids is 1. The zero-order valence-corrected chi connectivity index (χ0v) is 35.1. The Balaban J connectivity index is 0.000000283. The number of carbonyl (C=O) groups is 1. The van der Waals surface area contributed by atoms with Crippen molar-refractivity contribution in [3.63, 3.8) is 0 Å². The number of aromatic nitrogens is 5. The van der Waals surface area contributed by atoms with Crippen LogP contribution in [0.2, 0.25) is 0 Å². The SMILES string of the molecule is Fc1c(F)c(F)c(-c2ccc3c(c2)c2cc(-c4ccccn4)ncc2n3-c2ccc(-c3ccccc3)o2)c(F)c1F.O=C(O)c1ccnc(-c2ccccn2)c1.[N-]=C=S.[N-]=C=S.[Ru+2]. The normalized spacial score (nSPS) is 10.1. The molecule has 10 nitrogen and oxygen atoms in total. The fourth-order valence-corrected chi connectivity index (χ4v) is 6.25. The third-order valence-corrected chi connectivity index (χ3v) is 8.88. The van der Waals surface area contributed by atoms with Gasteiger partial charge in [-0.3, -0.25) is 24.5 Å². The van der Waals surface area contributed by atoms with E-state index in [2.05, 4.69) is 44.4 Å². The molecule has 0 bridgehead atoms. The van der Waals surface area contributed by atoms with Crippen LogP contribution in [0.15, 0.2) is 144 Å². The van der Waals surface area contributed by atoms with E-state index in [4.69, 9.17) is 20.3 Å². The van der Waals surface area contributed by atoms with Crippen LogP contribution in [0.1, 0.15) is 10.4 Å². The summed E-state index contributed by atoms with van der Waals surface area (Å²) in [7, 11) is 0. The summed E-state index contributed by atoms with van der Waals surface area (Å²) in [4.78, 5) is 27.8. The molecule has 0 radical (unpaired) electrons. The maximum Gasteiger partial charge on any atom is 2.00 e. The minimum Gasteiger partial charge on any atom is -0.753 e. The van der Waals surface area contributed by atoms with Crippen molar-refractivity contribution in [2.75, 3.05) is 0 Å². The second-order valence-electron chi connectivity index (χ2n) is 12.5. The monoisotopic (exact) mass is 971 g/mol. The molecular formula is C45H24F5N7O3RuS2. The number of hydrogen-bond donors (Lipinski definition) is 1. The second-order valence-corrected chi connectivity index (χ2v) is 12.8. The number of isothiocyanates is 2. The molecule has 9 aromatic rings. The molecule has 0 amide bonds. The molecule has 312 valence electrons. The molecule has 0 fully saturated rings. The molecule has 0 saturated heterocycles. The van der Waals surface area contributed by atoms with E-state index in [0.717, 1.165) is 5.56 Å². The Kier molecular flexibility index (Phi) is 15.9. The topological polar surface area (TPSA) is 152 Å². The Morgan fingerprint density at radius 3 is 1.70 bits per heavy atom. The number of hydrogen-bond acceptors (Lipinski definition) is 8. The van der Waals surface area contributed by atoms with Gasteiger partial charge in [0.25, 0.3) is 0 Å². The van der Waals surface area contributed by atoms with Crippen LogP contribution in [-0.2, 0) is 19.5 Å². The number of furan rings is 1. The molecule has 3 aromatic carbocycles. The molecule has 0 unspecified atom stereocenters. The van der Waals surface area contributed by atoms with Crippen molar-refractivity contribution in [1.82, 2.24) is 24.5 Å². The first-order chi connectivity index (χ1) is 30.0. The maximum atomic E-state index is 14.8. The average molecular weight is 971 g/mol. The average Bonchev–Trinajstić information content (AvgIpc) is 3.92. The van der Waals surface area contributed by atoms with E-state index in [0.29, 0.717) is 56.2 Å². The van der Waals surface area contributed by atoms with Crippen molar-refractivity contribution < 1.29 is 55.7 Å². The van der Waals surface area contributed by atoms with Gasteiger partial charge in [0, 0.05) is 41.0 Å². The summed E-state index contributed by atoms with van der Waals surface area (Å²) in [6.07, 6.45) is 6.36. The molecule has 1 N–H and O–H groups in total. The third-order valence-electron chi connectivity index (χ3n) is 8.88. The largest absolute Gasteiger partial charge is 2.00 e. The van der Waals surface area contributed by atoms with Crippen molar-refractivity contribution in [2.24, 2.45) is 0 Å². The van der Waals surface area contributed by atoms with Gasteiger partial charge in [0.2, 0.25) is 11.7 Å². The molecule has 6 heterocycles. The molecule has 0 aliphatic rings. The van der Waals surface area contributed by atoms with Crippen LogP contribution < -0.4 is 0 Å². The first kappa shape index (κ1) is 46.7. The number of rotatable bonds is 6. The van der Waals surface area contributed by atoms with Crippen LogP contribution in [0.4, 0.5) is 22.0 Å². The molecule has 0 atom stereocenters. The number of nitrogens with zero attached hydrogens (tertiary/aromatic N) is 7. The minimum atomic E-state index is -2.21. The predicted octanol–water partition coefficient (Wildman–Crippen LogP) is 12.0. The van der Waals surface area contributed by atoms with Crippen LogP contribution in [-0.4, -0.2) is 45.9 Å². The number of halogens is 5. The summed E-state index contributed by atoms with van der Waals surface area (Å²) in [5, 5.41) is 26.8. The Morgan fingerprint density at radius 1 is 0.587 bits per heavy atom. The van der Waals surface area contributed by atoms with Crippen LogP contribution in [0, 0.1) is 29.1 Å². The van der Waals surface area contributed by atoms with Crippen LogP contribution in [0.3, 0.4) is 0 Å². The van der Waals surface area contributed by atoms with Gasteiger partial charge >= 0.3 is 25.4 Å². The summed E-state index contributed by atoms with van der Waals surface area (Å²) >= 11 is 7.40. The number of carboxylic acids is 1. The summed E-state index contributed by atoms with van der Waals surface area (Å²) in [6.45, 7) is 0. The number of thiocarbonyl (C=S) groups is 2. The van der Waals surface area contributed by atoms with Gasteiger partial charge in [0.15, 0.2) is 23.3 Å². The van der Waals surface area contributed by atoms with E-state index < -0.39 is 40.6 Å². The maximum absolute atomic E-state index is 14.8. The van der Waals surface area contributed by atoms with Crippen LogP contribution >= 0.6 is 24.4 Å². The zero-order valence-electron chi connectivity index (χ0n) is 31.7. The van der Waals surface area contributed by atoms with Crippen LogP contribution in [0.5, 0.6) is 0 Å². The quantitative estimate of drug-likeness (QED) is 0.0429. The molecule has 0 aliphatic carbocycles. The van der Waals surface area contributed by atoms with Gasteiger partial charge in [-0.1, -0.05) is 73.0 Å². The molecular weight excluding hydrogens is 947 g/mol. The molecule has 9 rings (SSSR count). The third kappa shape index (κ3) is 10.3.